The lowest BCUT2D eigenvalue weighted by molar-refractivity contribution is -0.133. The molecule has 0 aliphatic rings. The number of hydrogen-bond donors (Lipinski definition) is 3. The van der Waals surface area contributed by atoms with Gasteiger partial charge in [0.15, 0.2) is 0 Å². The summed E-state index contributed by atoms with van der Waals surface area (Å²) in [6.45, 7) is 0.356. The van der Waals surface area contributed by atoms with Gasteiger partial charge in [-0.25, -0.2) is 0 Å². The highest BCUT2D eigenvalue weighted by molar-refractivity contribution is 5.88. The molecule has 1 aromatic carbocycles. The average molecular weight is 272 g/mol. The predicted octanol–water partition coefficient (Wildman–Crippen LogP) is 2.96. The summed E-state index contributed by atoms with van der Waals surface area (Å²) < 4.78 is 35.8. The number of halogens is 3. The fraction of sp³-hybridized carbons (Fsp3) is 0.385. The largest absolute Gasteiger partial charge is 0.507 e. The maximum Gasteiger partial charge on any atom is 0.390 e. The van der Waals surface area contributed by atoms with Crippen LogP contribution in [0.1, 0.15) is 12.0 Å². The van der Waals surface area contributed by atoms with Gasteiger partial charge in [0.2, 0.25) is 0 Å². The Morgan fingerprint density at radius 1 is 1.21 bits per heavy atom. The molecule has 3 nitrogen and oxygen atoms in total. The first-order valence-electron chi connectivity index (χ1n) is 6.03. The van der Waals surface area contributed by atoms with E-state index in [-0.39, 0.29) is 12.3 Å². The normalized spacial score (nSPS) is 12.2. The second-order valence-corrected chi connectivity index (χ2v) is 4.38. The molecular formula is C13H15F3N2O. The highest BCUT2D eigenvalue weighted by atomic mass is 19.4. The van der Waals surface area contributed by atoms with Crippen LogP contribution in [0.2, 0.25) is 0 Å². The SMILES string of the molecule is Oc1cccc2[nH]cc(CCNCCC(F)(F)F)c12. The van der Waals surface area contributed by atoms with Gasteiger partial charge in [-0.15, -0.1) is 0 Å². The molecule has 0 unspecified atom stereocenters. The van der Waals surface area contributed by atoms with Crippen molar-refractivity contribution >= 4 is 10.9 Å². The smallest absolute Gasteiger partial charge is 0.390 e. The fourth-order valence-electron chi connectivity index (χ4n) is 2.01. The Morgan fingerprint density at radius 2 is 2.00 bits per heavy atom. The average Bonchev–Trinajstić information content (AvgIpc) is 2.72. The minimum absolute atomic E-state index is 0.0855. The van der Waals surface area contributed by atoms with Gasteiger partial charge in [0.1, 0.15) is 5.75 Å². The molecule has 19 heavy (non-hydrogen) atoms. The van der Waals surface area contributed by atoms with Crippen molar-refractivity contribution in [1.82, 2.24) is 10.3 Å². The van der Waals surface area contributed by atoms with Gasteiger partial charge in [-0.2, -0.15) is 13.2 Å². The van der Waals surface area contributed by atoms with Gasteiger partial charge in [-0.1, -0.05) is 6.07 Å². The topological polar surface area (TPSA) is 48.0 Å². The Hall–Kier alpha value is -1.69. The maximum absolute atomic E-state index is 11.9. The van der Waals surface area contributed by atoms with Crippen LogP contribution in [-0.2, 0) is 6.42 Å². The number of hydrogen-bond acceptors (Lipinski definition) is 2. The monoisotopic (exact) mass is 272 g/mol. The molecule has 0 aliphatic carbocycles. The van der Waals surface area contributed by atoms with Crippen LogP contribution in [0.15, 0.2) is 24.4 Å². The lowest BCUT2D eigenvalue weighted by atomic mass is 10.1. The van der Waals surface area contributed by atoms with Gasteiger partial charge in [0.05, 0.1) is 6.42 Å². The maximum atomic E-state index is 11.9. The van der Waals surface area contributed by atoms with E-state index in [1.165, 1.54) is 0 Å². The third-order valence-electron chi connectivity index (χ3n) is 2.92. The lowest BCUT2D eigenvalue weighted by Crippen LogP contribution is -2.23. The number of aromatic nitrogens is 1. The molecule has 0 aliphatic heterocycles. The lowest BCUT2D eigenvalue weighted by Gasteiger charge is -2.07. The fourth-order valence-corrected chi connectivity index (χ4v) is 2.01. The van der Waals surface area contributed by atoms with E-state index in [1.54, 1.807) is 18.3 Å². The van der Waals surface area contributed by atoms with Crippen LogP contribution in [0.4, 0.5) is 13.2 Å². The summed E-state index contributed by atoms with van der Waals surface area (Å²) in [5.74, 6) is 0.184. The van der Waals surface area contributed by atoms with Gasteiger partial charge >= 0.3 is 6.18 Å². The van der Waals surface area contributed by atoms with Gasteiger partial charge < -0.3 is 15.4 Å². The Balaban J connectivity index is 1.89. The van der Waals surface area contributed by atoms with Crippen molar-refractivity contribution in [3.05, 3.63) is 30.0 Å². The van der Waals surface area contributed by atoms with Crippen LogP contribution in [0.5, 0.6) is 5.75 Å². The minimum atomic E-state index is -4.12. The van der Waals surface area contributed by atoms with Crippen molar-refractivity contribution in [3.63, 3.8) is 0 Å². The van der Waals surface area contributed by atoms with Crippen molar-refractivity contribution in [2.45, 2.75) is 19.0 Å². The highest BCUT2D eigenvalue weighted by Crippen LogP contribution is 2.27. The Bertz CT molecular complexity index is 548. The van der Waals surface area contributed by atoms with Gasteiger partial charge in [-0.3, -0.25) is 0 Å². The summed E-state index contributed by atoms with van der Waals surface area (Å²) in [6.07, 6.45) is -2.61. The van der Waals surface area contributed by atoms with E-state index in [0.717, 1.165) is 16.5 Å². The number of H-pyrrole nitrogens is 1. The highest BCUT2D eigenvalue weighted by Gasteiger charge is 2.25. The molecule has 6 heteroatoms. The molecule has 0 fully saturated rings. The van der Waals surface area contributed by atoms with E-state index < -0.39 is 12.6 Å². The summed E-state index contributed by atoms with van der Waals surface area (Å²) in [5, 5.41) is 13.2. The van der Waals surface area contributed by atoms with Crippen LogP contribution >= 0.6 is 0 Å². The molecule has 0 saturated carbocycles. The summed E-state index contributed by atoms with van der Waals surface area (Å²) in [4.78, 5) is 3.03. The molecular weight excluding hydrogens is 257 g/mol. The Kier molecular flexibility index (Phi) is 3.99. The van der Waals surface area contributed by atoms with Crippen LogP contribution in [0.3, 0.4) is 0 Å². The molecule has 3 N–H and O–H groups in total. The number of aromatic hydroxyl groups is 1. The van der Waals surface area contributed by atoms with E-state index in [0.29, 0.717) is 13.0 Å². The molecule has 0 atom stereocenters. The summed E-state index contributed by atoms with van der Waals surface area (Å²) in [6, 6.07) is 5.17. The van der Waals surface area contributed by atoms with E-state index in [9.17, 15) is 18.3 Å². The zero-order valence-corrected chi connectivity index (χ0v) is 10.2. The zero-order chi connectivity index (χ0) is 13.9. The number of rotatable bonds is 5. The second kappa shape index (κ2) is 5.52. The standard InChI is InChI=1S/C13H15F3N2O/c14-13(15,16)5-7-17-6-4-9-8-18-10-2-1-3-11(19)12(9)10/h1-3,8,17-19H,4-7H2. The number of phenols is 1. The van der Waals surface area contributed by atoms with Crippen molar-refractivity contribution in [1.29, 1.82) is 0 Å². The van der Waals surface area contributed by atoms with Crippen molar-refractivity contribution in [2.24, 2.45) is 0 Å². The molecule has 0 radical (unpaired) electrons. The van der Waals surface area contributed by atoms with Crippen molar-refractivity contribution in [3.8, 4) is 5.75 Å². The van der Waals surface area contributed by atoms with Crippen LogP contribution in [0.25, 0.3) is 10.9 Å². The number of alkyl halides is 3. The van der Waals surface area contributed by atoms with Crippen molar-refractivity contribution in [2.75, 3.05) is 13.1 Å². The molecule has 2 aromatic rings. The Morgan fingerprint density at radius 3 is 2.74 bits per heavy atom. The number of nitrogens with one attached hydrogen (secondary N) is 2. The zero-order valence-electron chi connectivity index (χ0n) is 10.2. The third kappa shape index (κ3) is 3.64. The number of benzene rings is 1. The van der Waals surface area contributed by atoms with E-state index >= 15 is 0 Å². The van der Waals surface area contributed by atoms with Crippen LogP contribution < -0.4 is 5.32 Å². The predicted molar refractivity (Wildman–Crippen MR) is 67.2 cm³/mol. The van der Waals surface area contributed by atoms with Crippen LogP contribution in [0, 0.1) is 0 Å². The molecule has 0 bridgehead atoms. The molecule has 1 heterocycles. The molecule has 2 rings (SSSR count). The summed E-state index contributed by atoms with van der Waals surface area (Å²) in [5.41, 5.74) is 1.72. The number of phenolic OH excluding ortho intramolecular Hbond substituents is 1. The quantitative estimate of drug-likeness (QED) is 0.733. The van der Waals surface area contributed by atoms with E-state index in [4.69, 9.17) is 0 Å². The molecule has 0 saturated heterocycles. The van der Waals surface area contributed by atoms with Gasteiger partial charge in [-0.05, 0) is 30.7 Å². The number of aromatic amines is 1. The van der Waals surface area contributed by atoms with E-state index in [2.05, 4.69) is 10.3 Å². The molecule has 0 amide bonds. The first-order valence-corrected chi connectivity index (χ1v) is 6.03. The molecule has 104 valence electrons. The van der Waals surface area contributed by atoms with Crippen LogP contribution in [-0.4, -0.2) is 29.4 Å². The summed E-state index contributed by atoms with van der Waals surface area (Å²) in [7, 11) is 0. The second-order valence-electron chi connectivity index (χ2n) is 4.38. The van der Waals surface area contributed by atoms with Gasteiger partial charge in [0, 0.05) is 23.6 Å². The summed E-state index contributed by atoms with van der Waals surface area (Å²) >= 11 is 0. The van der Waals surface area contributed by atoms with Gasteiger partial charge in [0.25, 0.3) is 0 Å². The van der Waals surface area contributed by atoms with E-state index in [1.807, 2.05) is 6.07 Å². The third-order valence-corrected chi connectivity index (χ3v) is 2.92. The first-order chi connectivity index (χ1) is 8.97. The molecule has 1 aromatic heterocycles. The number of fused-ring (bicyclic) bond motifs is 1. The van der Waals surface area contributed by atoms with Crippen molar-refractivity contribution < 1.29 is 18.3 Å². The minimum Gasteiger partial charge on any atom is -0.507 e. The first kappa shape index (κ1) is 13.7. The molecule has 0 spiro atoms. The Labute approximate surface area is 108 Å².